The Morgan fingerprint density at radius 1 is 1.30 bits per heavy atom. The van der Waals surface area contributed by atoms with Crippen LogP contribution in [0.5, 0.6) is 0 Å². The van der Waals surface area contributed by atoms with Gasteiger partial charge in [-0.3, -0.25) is 9.79 Å². The maximum Gasteiger partial charge on any atom is 0.226 e. The van der Waals surface area contributed by atoms with E-state index in [0.717, 1.165) is 49.7 Å². The van der Waals surface area contributed by atoms with Gasteiger partial charge in [-0.1, -0.05) is 0 Å². The van der Waals surface area contributed by atoms with Crippen molar-refractivity contribution >= 4 is 11.9 Å². The van der Waals surface area contributed by atoms with Gasteiger partial charge in [-0.05, 0) is 49.9 Å². The zero-order valence-electron chi connectivity index (χ0n) is 17.7. The number of hydrogen-bond donors (Lipinski definition) is 2. The number of benzene rings is 1. The van der Waals surface area contributed by atoms with Gasteiger partial charge in [0.25, 0.3) is 0 Å². The molecule has 1 aromatic heterocycles. The summed E-state index contributed by atoms with van der Waals surface area (Å²) in [6, 6.07) is 6.09. The van der Waals surface area contributed by atoms with Crippen LogP contribution in [0, 0.1) is 11.7 Å². The average Bonchev–Trinajstić information content (AvgIpc) is 3.23. The zero-order chi connectivity index (χ0) is 21.3. The van der Waals surface area contributed by atoms with Crippen molar-refractivity contribution in [2.75, 3.05) is 33.2 Å². The van der Waals surface area contributed by atoms with Gasteiger partial charge in [-0.15, -0.1) is 0 Å². The van der Waals surface area contributed by atoms with Crippen LogP contribution in [-0.4, -0.2) is 55.0 Å². The number of rotatable bonds is 7. The molecule has 1 aromatic carbocycles. The third-order valence-electron chi connectivity index (χ3n) is 5.27. The Kier molecular flexibility index (Phi) is 7.82. The second-order valence-electron chi connectivity index (χ2n) is 7.44. The predicted molar refractivity (Wildman–Crippen MR) is 115 cm³/mol. The van der Waals surface area contributed by atoms with Crippen LogP contribution in [0.2, 0.25) is 0 Å². The van der Waals surface area contributed by atoms with Crippen LogP contribution in [0.25, 0.3) is 11.5 Å². The molecule has 0 bridgehead atoms. The summed E-state index contributed by atoms with van der Waals surface area (Å²) < 4.78 is 18.6. The molecule has 2 heterocycles. The molecular formula is C22H30FN5O2. The van der Waals surface area contributed by atoms with Gasteiger partial charge < -0.3 is 20.0 Å². The molecule has 7 nitrogen and oxygen atoms in total. The lowest BCUT2D eigenvalue weighted by Crippen LogP contribution is -2.46. The molecular weight excluding hydrogens is 385 g/mol. The molecule has 30 heavy (non-hydrogen) atoms. The smallest absolute Gasteiger partial charge is 0.226 e. The van der Waals surface area contributed by atoms with Crippen molar-refractivity contribution in [1.29, 1.82) is 0 Å². The van der Waals surface area contributed by atoms with Crippen molar-refractivity contribution < 1.29 is 13.6 Å². The molecule has 1 fully saturated rings. The van der Waals surface area contributed by atoms with E-state index < -0.39 is 0 Å². The molecule has 0 radical (unpaired) electrons. The van der Waals surface area contributed by atoms with Crippen LogP contribution in [0.4, 0.5) is 4.39 Å². The highest BCUT2D eigenvalue weighted by Gasteiger charge is 2.23. The van der Waals surface area contributed by atoms with E-state index in [-0.39, 0.29) is 11.7 Å². The maximum absolute atomic E-state index is 13.1. The number of likely N-dealkylation sites (tertiary alicyclic amines) is 1. The number of halogens is 1. The van der Waals surface area contributed by atoms with Gasteiger partial charge in [0.05, 0.1) is 5.69 Å². The number of aromatic nitrogens is 1. The fraction of sp³-hybridized carbons (Fsp3) is 0.500. The summed E-state index contributed by atoms with van der Waals surface area (Å²) in [5.41, 5.74) is 1.57. The van der Waals surface area contributed by atoms with E-state index in [1.54, 1.807) is 25.4 Å². The van der Waals surface area contributed by atoms with Gasteiger partial charge >= 0.3 is 0 Å². The highest BCUT2D eigenvalue weighted by molar-refractivity contribution is 5.80. The van der Waals surface area contributed by atoms with Crippen molar-refractivity contribution in [3.05, 3.63) is 42.0 Å². The van der Waals surface area contributed by atoms with E-state index in [9.17, 15) is 9.18 Å². The fourth-order valence-electron chi connectivity index (χ4n) is 3.56. The van der Waals surface area contributed by atoms with Crippen LogP contribution < -0.4 is 10.6 Å². The standard InChI is InChI=1S/C22H30FN5O2/c1-3-25-22(28-12-9-16(10-13-28)14-20(29)24-2)26-11-8-19-15-30-21(27-19)17-4-6-18(23)7-5-17/h4-7,15-16H,3,8-14H2,1-2H3,(H,24,29)(H,25,26). The lowest BCUT2D eigenvalue weighted by atomic mass is 9.93. The Morgan fingerprint density at radius 3 is 2.70 bits per heavy atom. The zero-order valence-corrected chi connectivity index (χ0v) is 17.7. The molecule has 1 saturated heterocycles. The second kappa shape index (κ2) is 10.8. The summed E-state index contributed by atoms with van der Waals surface area (Å²) in [7, 11) is 1.69. The van der Waals surface area contributed by atoms with Crippen LogP contribution in [0.1, 0.15) is 31.9 Å². The summed E-state index contributed by atoms with van der Waals surface area (Å²) in [4.78, 5) is 23.1. The Bertz CT molecular complexity index is 841. The molecule has 162 valence electrons. The third kappa shape index (κ3) is 6.05. The molecule has 0 spiro atoms. The molecule has 0 saturated carbocycles. The fourth-order valence-corrected chi connectivity index (χ4v) is 3.56. The van der Waals surface area contributed by atoms with Crippen molar-refractivity contribution in [2.24, 2.45) is 10.9 Å². The monoisotopic (exact) mass is 415 g/mol. The Labute approximate surface area is 176 Å². The number of amides is 1. The van der Waals surface area contributed by atoms with Crippen LogP contribution in [0.15, 0.2) is 39.9 Å². The molecule has 0 aliphatic carbocycles. The Hall–Kier alpha value is -2.90. The third-order valence-corrected chi connectivity index (χ3v) is 5.27. The molecule has 2 aromatic rings. The summed E-state index contributed by atoms with van der Waals surface area (Å²) in [5.74, 6) is 1.65. The highest BCUT2D eigenvalue weighted by Crippen LogP contribution is 2.21. The van der Waals surface area contributed by atoms with Crippen LogP contribution >= 0.6 is 0 Å². The van der Waals surface area contributed by atoms with E-state index in [0.29, 0.717) is 31.2 Å². The number of piperidine rings is 1. The number of oxazole rings is 1. The lowest BCUT2D eigenvalue weighted by molar-refractivity contribution is -0.121. The van der Waals surface area contributed by atoms with E-state index in [4.69, 9.17) is 9.41 Å². The van der Waals surface area contributed by atoms with Gasteiger partial charge in [0.1, 0.15) is 12.1 Å². The minimum Gasteiger partial charge on any atom is -0.444 e. The number of nitrogens with zero attached hydrogens (tertiary/aromatic N) is 3. The quantitative estimate of drug-likeness (QED) is 0.537. The number of hydrogen-bond acceptors (Lipinski definition) is 4. The number of carbonyl (C=O) groups is 1. The van der Waals surface area contributed by atoms with Crippen molar-refractivity contribution in [3.63, 3.8) is 0 Å². The number of guanidine groups is 1. The highest BCUT2D eigenvalue weighted by atomic mass is 19.1. The van der Waals surface area contributed by atoms with Gasteiger partial charge in [0.15, 0.2) is 5.96 Å². The lowest BCUT2D eigenvalue weighted by Gasteiger charge is -2.34. The minimum absolute atomic E-state index is 0.113. The van der Waals surface area contributed by atoms with E-state index in [1.807, 2.05) is 0 Å². The van der Waals surface area contributed by atoms with Gasteiger partial charge in [0, 0.05) is 51.6 Å². The Balaban J connectivity index is 1.53. The summed E-state index contributed by atoms with van der Waals surface area (Å²) in [6.07, 6.45) is 4.86. The van der Waals surface area contributed by atoms with Crippen molar-refractivity contribution in [3.8, 4) is 11.5 Å². The summed E-state index contributed by atoms with van der Waals surface area (Å²) >= 11 is 0. The number of nitrogens with one attached hydrogen (secondary N) is 2. The first-order chi connectivity index (χ1) is 14.6. The number of carbonyl (C=O) groups excluding carboxylic acids is 1. The molecule has 1 aliphatic rings. The van der Waals surface area contributed by atoms with Crippen LogP contribution in [0.3, 0.4) is 0 Å². The van der Waals surface area contributed by atoms with E-state index in [1.165, 1.54) is 12.1 Å². The summed E-state index contributed by atoms with van der Waals surface area (Å²) in [5, 5.41) is 6.06. The first-order valence-electron chi connectivity index (χ1n) is 10.5. The van der Waals surface area contributed by atoms with Crippen LogP contribution in [-0.2, 0) is 11.2 Å². The summed E-state index contributed by atoms with van der Waals surface area (Å²) in [6.45, 7) is 5.24. The Morgan fingerprint density at radius 2 is 2.03 bits per heavy atom. The predicted octanol–water partition coefficient (Wildman–Crippen LogP) is 2.84. The SMILES string of the molecule is CCNC(=NCCc1coc(-c2ccc(F)cc2)n1)N1CCC(CC(=O)NC)CC1. The molecule has 1 aliphatic heterocycles. The normalized spacial score (nSPS) is 15.3. The average molecular weight is 416 g/mol. The topological polar surface area (TPSA) is 82.8 Å². The first-order valence-corrected chi connectivity index (χ1v) is 10.5. The molecule has 0 unspecified atom stereocenters. The number of aliphatic imine (C=N–C) groups is 1. The maximum atomic E-state index is 13.1. The molecule has 1 amide bonds. The molecule has 2 N–H and O–H groups in total. The second-order valence-corrected chi connectivity index (χ2v) is 7.44. The van der Waals surface area contributed by atoms with Gasteiger partial charge in [-0.25, -0.2) is 9.37 Å². The van der Waals surface area contributed by atoms with Crippen molar-refractivity contribution in [1.82, 2.24) is 20.5 Å². The minimum atomic E-state index is -0.284. The molecule has 8 heteroatoms. The van der Waals surface area contributed by atoms with E-state index in [2.05, 4.69) is 27.4 Å². The van der Waals surface area contributed by atoms with Gasteiger partial charge in [-0.2, -0.15) is 0 Å². The van der Waals surface area contributed by atoms with Gasteiger partial charge in [0.2, 0.25) is 11.8 Å². The largest absolute Gasteiger partial charge is 0.444 e. The molecule has 3 rings (SSSR count). The van der Waals surface area contributed by atoms with E-state index >= 15 is 0 Å². The first kappa shape index (κ1) is 21.8. The molecule has 0 atom stereocenters. The van der Waals surface area contributed by atoms with Crippen molar-refractivity contribution in [2.45, 2.75) is 32.6 Å².